The van der Waals surface area contributed by atoms with Gasteiger partial charge in [-0.05, 0) is 39.7 Å². The van der Waals surface area contributed by atoms with Gasteiger partial charge < -0.3 is 4.40 Å². The van der Waals surface area contributed by atoms with Gasteiger partial charge in [0.15, 0.2) is 11.4 Å². The van der Waals surface area contributed by atoms with Gasteiger partial charge in [0.05, 0.1) is 24.2 Å². The van der Waals surface area contributed by atoms with Gasteiger partial charge in [-0.3, -0.25) is 9.69 Å². The average molecular weight is 367 g/mol. The van der Waals surface area contributed by atoms with Crippen molar-refractivity contribution in [2.75, 3.05) is 0 Å². The second kappa shape index (κ2) is 5.58. The summed E-state index contributed by atoms with van der Waals surface area (Å²) in [7, 11) is 0. The van der Waals surface area contributed by atoms with Crippen LogP contribution < -0.4 is 0 Å². The summed E-state index contributed by atoms with van der Waals surface area (Å²) in [5, 5.41) is 6.83. The maximum Gasteiger partial charge on any atom is 0.196 e. The average Bonchev–Trinajstić information content (AvgIpc) is 3.17. The predicted molar refractivity (Wildman–Crippen MR) is 120 cm³/mol. The van der Waals surface area contributed by atoms with Crippen molar-refractivity contribution in [1.29, 1.82) is 0 Å². The van der Waals surface area contributed by atoms with Crippen molar-refractivity contribution in [2.45, 2.75) is 0 Å². The number of rotatable bonds is 0. The van der Waals surface area contributed by atoms with Crippen molar-refractivity contribution < 1.29 is 0 Å². The second-order valence-electron chi connectivity index (χ2n) is 7.21. The van der Waals surface area contributed by atoms with Gasteiger partial charge in [0.2, 0.25) is 0 Å². The van der Waals surface area contributed by atoms with Gasteiger partial charge in [0.25, 0.3) is 0 Å². The zero-order valence-electron chi connectivity index (χ0n) is 15.3. The Labute approximate surface area is 166 Å². The van der Waals surface area contributed by atoms with E-state index in [2.05, 4.69) is 68.7 Å². The molecule has 3 heteroatoms. The van der Waals surface area contributed by atoms with Gasteiger partial charge >= 0.3 is 0 Å². The van der Waals surface area contributed by atoms with Crippen molar-refractivity contribution in [3.8, 4) is 0 Å². The Kier molecular flexibility index (Phi) is 3.02. The maximum atomic E-state index is 7.54. The van der Waals surface area contributed by atoms with Crippen LogP contribution in [-0.2, 0) is 0 Å². The van der Waals surface area contributed by atoms with Crippen LogP contribution in [0.3, 0.4) is 0 Å². The standard InChI is InChI=1S/C26H13N3/c1-27-21-14-20-19-12-11-16-7-3-5-9-18(16)26(19)25-13-17-8-4-6-10-23(17)29(25)24(20)15-22(21)28-2/h3-15H. The van der Waals surface area contributed by atoms with Crippen molar-refractivity contribution >= 4 is 60.2 Å². The lowest BCUT2D eigenvalue weighted by Crippen LogP contribution is -1.91. The summed E-state index contributed by atoms with van der Waals surface area (Å²) >= 11 is 0. The van der Waals surface area contributed by atoms with Crippen LogP contribution in [0, 0.1) is 13.1 Å². The van der Waals surface area contributed by atoms with E-state index in [4.69, 9.17) is 13.1 Å². The molecule has 0 N–H and O–H groups in total. The van der Waals surface area contributed by atoms with Crippen molar-refractivity contribution in [3.05, 3.63) is 102 Å². The molecule has 0 unspecified atom stereocenters. The Morgan fingerprint density at radius 2 is 1.28 bits per heavy atom. The maximum absolute atomic E-state index is 7.54. The minimum Gasteiger partial charge on any atom is -0.310 e. The number of hydrogen-bond donors (Lipinski definition) is 0. The molecule has 0 atom stereocenters. The van der Waals surface area contributed by atoms with Crippen molar-refractivity contribution in [3.63, 3.8) is 0 Å². The topological polar surface area (TPSA) is 13.1 Å². The normalized spacial score (nSPS) is 11.4. The van der Waals surface area contributed by atoms with E-state index in [0.29, 0.717) is 11.4 Å². The van der Waals surface area contributed by atoms with E-state index in [-0.39, 0.29) is 0 Å². The Hall–Kier alpha value is -4.34. The van der Waals surface area contributed by atoms with E-state index in [9.17, 15) is 0 Å². The number of hydrogen-bond acceptors (Lipinski definition) is 0. The van der Waals surface area contributed by atoms with Gasteiger partial charge in [-0.1, -0.05) is 60.7 Å². The zero-order chi connectivity index (χ0) is 19.5. The fraction of sp³-hybridized carbons (Fsp3) is 0. The highest BCUT2D eigenvalue weighted by molar-refractivity contribution is 6.25. The first kappa shape index (κ1) is 15.7. The molecule has 6 aromatic rings. The summed E-state index contributed by atoms with van der Waals surface area (Å²) in [5.74, 6) is 0. The zero-order valence-corrected chi connectivity index (χ0v) is 15.3. The van der Waals surface area contributed by atoms with Gasteiger partial charge in [-0.15, -0.1) is 0 Å². The van der Waals surface area contributed by atoms with E-state index in [1.165, 1.54) is 16.2 Å². The third-order valence-corrected chi connectivity index (χ3v) is 5.76. The van der Waals surface area contributed by atoms with E-state index in [0.717, 1.165) is 32.7 Å². The molecule has 0 saturated carbocycles. The Morgan fingerprint density at radius 1 is 0.552 bits per heavy atom. The third kappa shape index (κ3) is 1.99. The number of para-hydroxylation sites is 1. The van der Waals surface area contributed by atoms with Crippen LogP contribution in [0.5, 0.6) is 0 Å². The fourth-order valence-electron chi connectivity index (χ4n) is 4.52. The molecule has 6 rings (SSSR count). The first-order valence-corrected chi connectivity index (χ1v) is 9.36. The molecule has 2 heterocycles. The molecule has 2 aromatic heterocycles. The second-order valence-corrected chi connectivity index (χ2v) is 7.21. The molecule has 0 amide bonds. The van der Waals surface area contributed by atoms with Gasteiger partial charge in [-0.25, -0.2) is 0 Å². The van der Waals surface area contributed by atoms with Crippen LogP contribution in [0.4, 0.5) is 11.4 Å². The van der Waals surface area contributed by atoms with E-state index in [1.807, 2.05) is 24.3 Å². The lowest BCUT2D eigenvalue weighted by atomic mass is 9.98. The van der Waals surface area contributed by atoms with Gasteiger partial charge in [0, 0.05) is 16.3 Å². The van der Waals surface area contributed by atoms with Crippen LogP contribution in [0.2, 0.25) is 0 Å². The summed E-state index contributed by atoms with van der Waals surface area (Å²) in [5.41, 5.74) is 3.98. The molecule has 0 spiro atoms. The quantitative estimate of drug-likeness (QED) is 0.193. The molecular formula is C26H13N3. The fourth-order valence-corrected chi connectivity index (χ4v) is 4.52. The highest BCUT2D eigenvalue weighted by Crippen LogP contribution is 2.41. The molecule has 29 heavy (non-hydrogen) atoms. The Balaban J connectivity index is 2.04. The number of benzene rings is 4. The largest absolute Gasteiger partial charge is 0.310 e. The van der Waals surface area contributed by atoms with Gasteiger partial charge in [-0.2, -0.15) is 0 Å². The first-order valence-electron chi connectivity index (χ1n) is 9.36. The number of fused-ring (bicyclic) bond motifs is 10. The van der Waals surface area contributed by atoms with Crippen LogP contribution in [0.15, 0.2) is 78.9 Å². The molecule has 0 aliphatic heterocycles. The summed E-state index contributed by atoms with van der Waals surface area (Å²) < 4.78 is 2.24. The lowest BCUT2D eigenvalue weighted by molar-refractivity contribution is 1.35. The minimum absolute atomic E-state index is 0.395. The summed E-state index contributed by atoms with van der Waals surface area (Å²) in [6.45, 7) is 15.1. The molecule has 0 radical (unpaired) electrons. The Morgan fingerprint density at radius 3 is 2.10 bits per heavy atom. The first-order chi connectivity index (χ1) is 14.3. The number of aromatic nitrogens is 1. The van der Waals surface area contributed by atoms with E-state index < -0.39 is 0 Å². The third-order valence-electron chi connectivity index (χ3n) is 5.76. The molecule has 0 bridgehead atoms. The molecule has 3 nitrogen and oxygen atoms in total. The van der Waals surface area contributed by atoms with E-state index in [1.54, 1.807) is 0 Å². The van der Waals surface area contributed by atoms with E-state index >= 15 is 0 Å². The monoisotopic (exact) mass is 367 g/mol. The minimum atomic E-state index is 0.395. The summed E-state index contributed by atoms with van der Waals surface area (Å²) in [6.07, 6.45) is 0. The van der Waals surface area contributed by atoms with Gasteiger partial charge in [0.1, 0.15) is 0 Å². The molecule has 132 valence electrons. The molecule has 0 saturated heterocycles. The SMILES string of the molecule is [C-]#[N+]c1cc2c3ccc4ccccc4c3c3cc4ccccc4n3c2cc1[N+]#[C-]. The summed E-state index contributed by atoms with van der Waals surface area (Å²) in [6, 6.07) is 27.0. The Bertz CT molecular complexity index is 1720. The van der Waals surface area contributed by atoms with Crippen LogP contribution in [-0.4, -0.2) is 4.40 Å². The molecule has 0 aliphatic carbocycles. The highest BCUT2D eigenvalue weighted by Gasteiger charge is 2.16. The van der Waals surface area contributed by atoms with Crippen LogP contribution in [0.25, 0.3) is 58.6 Å². The van der Waals surface area contributed by atoms with Crippen molar-refractivity contribution in [2.24, 2.45) is 0 Å². The van der Waals surface area contributed by atoms with Crippen molar-refractivity contribution in [1.82, 2.24) is 4.40 Å². The number of nitrogens with zero attached hydrogens (tertiary/aromatic N) is 3. The van der Waals surface area contributed by atoms with Crippen LogP contribution >= 0.6 is 0 Å². The highest BCUT2D eigenvalue weighted by atomic mass is 14.9. The molecular weight excluding hydrogens is 354 g/mol. The van der Waals surface area contributed by atoms with Crippen LogP contribution in [0.1, 0.15) is 0 Å². The smallest absolute Gasteiger partial charge is 0.196 e. The molecule has 0 fully saturated rings. The molecule has 0 aliphatic rings. The molecule has 4 aromatic carbocycles. The predicted octanol–water partition coefficient (Wildman–Crippen LogP) is 7.65. The number of pyridine rings is 1. The lowest BCUT2D eigenvalue weighted by Gasteiger charge is -2.13. The summed E-state index contributed by atoms with van der Waals surface area (Å²) in [4.78, 5) is 7.23.